The first-order valence-electron chi connectivity index (χ1n) is 3.62. The number of aromatic nitrogens is 2. The van der Waals surface area contributed by atoms with Gasteiger partial charge < -0.3 is 9.82 Å². The first-order valence-corrected chi connectivity index (χ1v) is 3.62. The number of carbonyl (C=O) groups is 1. The predicted molar refractivity (Wildman–Crippen MR) is 47.0 cm³/mol. The minimum Gasteiger partial charge on any atom is -0.319 e. The molecule has 1 rings (SSSR count). The van der Waals surface area contributed by atoms with Gasteiger partial charge in [-0.05, 0) is 0 Å². The third-order valence-electron chi connectivity index (χ3n) is 1.15. The van der Waals surface area contributed by atoms with Crippen LogP contribution >= 0.6 is 0 Å². The van der Waals surface area contributed by atoms with Gasteiger partial charge in [-0.15, -0.1) is 0 Å². The van der Waals surface area contributed by atoms with Gasteiger partial charge in [0.25, 0.3) is 5.56 Å². The lowest BCUT2D eigenvalue weighted by molar-refractivity contribution is -0.140. The molecule has 1 heterocycles. The molecule has 0 atom stereocenters. The summed E-state index contributed by atoms with van der Waals surface area (Å²) < 4.78 is 0. The van der Waals surface area contributed by atoms with Gasteiger partial charge in [0.1, 0.15) is 0 Å². The highest BCUT2D eigenvalue weighted by Gasteiger charge is 1.93. The van der Waals surface area contributed by atoms with Crippen LogP contribution in [0.3, 0.4) is 0 Å². The van der Waals surface area contributed by atoms with Crippen molar-refractivity contribution in [2.24, 2.45) is 5.16 Å². The Balaban J connectivity index is 2.87. The fourth-order valence-electron chi connectivity index (χ4n) is 0.715. The Morgan fingerprint density at radius 2 is 2.21 bits per heavy atom. The van der Waals surface area contributed by atoms with Crippen LogP contribution < -0.4 is 11.2 Å². The molecule has 0 radical (unpaired) electrons. The van der Waals surface area contributed by atoms with Crippen molar-refractivity contribution in [3.63, 3.8) is 0 Å². The minimum absolute atomic E-state index is 0.153. The minimum atomic E-state index is -0.651. The molecule has 7 heteroatoms. The van der Waals surface area contributed by atoms with Gasteiger partial charge in [0.2, 0.25) is 0 Å². The van der Waals surface area contributed by atoms with Crippen LogP contribution in [-0.2, 0) is 9.63 Å². The summed E-state index contributed by atoms with van der Waals surface area (Å²) in [5.41, 5.74) is -1.06. The lowest BCUT2D eigenvalue weighted by atomic mass is 10.4. The molecule has 0 spiro atoms. The van der Waals surface area contributed by atoms with Crippen LogP contribution in [0, 0.1) is 0 Å². The maximum absolute atomic E-state index is 10.8. The largest absolute Gasteiger partial charge is 0.331 e. The molecule has 1 aromatic rings. The number of rotatable bonds is 2. The summed E-state index contributed by atoms with van der Waals surface area (Å²) in [6.07, 6.45) is 1.05. The molecule has 0 saturated carbocycles. The summed E-state index contributed by atoms with van der Waals surface area (Å²) in [6.45, 7) is 1.18. The second-order valence-corrected chi connectivity index (χ2v) is 2.36. The number of nitrogens with one attached hydrogen (secondary N) is 2. The molecule has 74 valence electrons. The molecule has 0 aliphatic carbocycles. The first-order chi connectivity index (χ1) is 6.58. The molecule has 7 nitrogen and oxygen atoms in total. The van der Waals surface area contributed by atoms with Crippen LogP contribution in [0.25, 0.3) is 0 Å². The van der Waals surface area contributed by atoms with Gasteiger partial charge in [0.05, 0.1) is 11.9 Å². The van der Waals surface area contributed by atoms with Crippen LogP contribution in [0.5, 0.6) is 0 Å². The van der Waals surface area contributed by atoms with Crippen molar-refractivity contribution in [2.75, 3.05) is 0 Å². The van der Waals surface area contributed by atoms with Gasteiger partial charge in [-0.1, -0.05) is 5.16 Å². The number of hydrogen-bond acceptors (Lipinski definition) is 5. The lowest BCUT2D eigenvalue weighted by Gasteiger charge is -1.90. The Bertz CT molecular complexity index is 442. The van der Waals surface area contributed by atoms with E-state index >= 15 is 0 Å². The summed E-state index contributed by atoms with van der Waals surface area (Å²) in [7, 11) is 0. The summed E-state index contributed by atoms with van der Waals surface area (Å²) in [6, 6.07) is 1.11. The Hall–Kier alpha value is -2.18. The van der Waals surface area contributed by atoms with Gasteiger partial charge in [-0.3, -0.25) is 9.78 Å². The Morgan fingerprint density at radius 1 is 1.50 bits per heavy atom. The monoisotopic (exact) mass is 197 g/mol. The zero-order chi connectivity index (χ0) is 10.6. The second kappa shape index (κ2) is 4.17. The standard InChI is InChI=1S/C7H7N3O4/c1-4(11)14-8-3-5-2-6(12)10-7(13)9-5/h2-3H,1H3,(H2,9,10,12,13)/b8-3+. The van der Waals surface area contributed by atoms with E-state index in [9.17, 15) is 14.4 Å². The Kier molecular flexibility index (Phi) is 2.95. The molecule has 0 unspecified atom stereocenters. The zero-order valence-electron chi connectivity index (χ0n) is 7.23. The molecule has 0 bridgehead atoms. The highest BCUT2D eigenvalue weighted by atomic mass is 16.7. The molecule has 14 heavy (non-hydrogen) atoms. The number of aromatic amines is 2. The molecule has 0 saturated heterocycles. The van der Waals surface area contributed by atoms with Gasteiger partial charge >= 0.3 is 11.7 Å². The summed E-state index contributed by atoms with van der Waals surface area (Å²) in [4.78, 5) is 40.2. The van der Waals surface area contributed by atoms with Crippen LogP contribution in [0.2, 0.25) is 0 Å². The van der Waals surface area contributed by atoms with E-state index in [-0.39, 0.29) is 5.69 Å². The number of oxime groups is 1. The van der Waals surface area contributed by atoms with Crippen LogP contribution in [-0.4, -0.2) is 22.2 Å². The fraction of sp³-hybridized carbons (Fsp3) is 0.143. The highest BCUT2D eigenvalue weighted by Crippen LogP contribution is 1.81. The van der Waals surface area contributed by atoms with E-state index in [1.54, 1.807) is 0 Å². The third kappa shape index (κ3) is 3.05. The summed E-state index contributed by atoms with van der Waals surface area (Å²) >= 11 is 0. The first kappa shape index (κ1) is 9.90. The quantitative estimate of drug-likeness (QED) is 0.359. The molecule has 0 aliphatic rings. The average Bonchev–Trinajstić information content (AvgIpc) is 2.01. The highest BCUT2D eigenvalue weighted by molar-refractivity contribution is 5.77. The summed E-state index contributed by atoms with van der Waals surface area (Å²) in [5, 5.41) is 3.23. The van der Waals surface area contributed by atoms with Crippen molar-refractivity contribution in [3.05, 3.63) is 32.6 Å². The number of carbonyl (C=O) groups excluding carboxylic acids is 1. The van der Waals surface area contributed by atoms with Crippen molar-refractivity contribution in [1.82, 2.24) is 9.97 Å². The molecule has 1 aromatic heterocycles. The van der Waals surface area contributed by atoms with Gasteiger partial charge in [0, 0.05) is 13.0 Å². The maximum Gasteiger partial charge on any atom is 0.331 e. The van der Waals surface area contributed by atoms with Crippen molar-refractivity contribution in [3.8, 4) is 0 Å². The van der Waals surface area contributed by atoms with E-state index in [2.05, 4.69) is 15.0 Å². The molecular weight excluding hydrogens is 190 g/mol. The number of nitrogens with zero attached hydrogens (tertiary/aromatic N) is 1. The molecular formula is C7H7N3O4. The normalized spacial score (nSPS) is 10.4. The van der Waals surface area contributed by atoms with Gasteiger partial charge in [-0.25, -0.2) is 9.59 Å². The van der Waals surface area contributed by atoms with E-state index in [0.29, 0.717) is 0 Å². The number of H-pyrrole nitrogens is 2. The molecule has 0 aliphatic heterocycles. The average molecular weight is 197 g/mol. The van der Waals surface area contributed by atoms with E-state index in [1.165, 1.54) is 6.92 Å². The second-order valence-electron chi connectivity index (χ2n) is 2.36. The SMILES string of the molecule is CC(=O)O/N=C/c1cc(=O)[nH]c(=O)[nH]1. The fourth-order valence-corrected chi connectivity index (χ4v) is 0.715. The Morgan fingerprint density at radius 3 is 2.79 bits per heavy atom. The lowest BCUT2D eigenvalue weighted by Crippen LogP contribution is -2.22. The molecule has 2 N–H and O–H groups in total. The van der Waals surface area contributed by atoms with Crippen molar-refractivity contribution in [2.45, 2.75) is 6.92 Å². The molecule has 0 fully saturated rings. The van der Waals surface area contributed by atoms with E-state index in [1.807, 2.05) is 4.98 Å². The van der Waals surface area contributed by atoms with Crippen LogP contribution in [0.4, 0.5) is 0 Å². The number of hydrogen-bond donors (Lipinski definition) is 2. The van der Waals surface area contributed by atoms with E-state index in [4.69, 9.17) is 0 Å². The van der Waals surface area contributed by atoms with Gasteiger partial charge in [0.15, 0.2) is 0 Å². The third-order valence-corrected chi connectivity index (χ3v) is 1.15. The zero-order valence-corrected chi connectivity index (χ0v) is 7.23. The van der Waals surface area contributed by atoms with Crippen molar-refractivity contribution >= 4 is 12.2 Å². The van der Waals surface area contributed by atoms with Crippen LogP contribution in [0.1, 0.15) is 12.6 Å². The smallest absolute Gasteiger partial charge is 0.319 e. The van der Waals surface area contributed by atoms with Crippen molar-refractivity contribution in [1.29, 1.82) is 0 Å². The predicted octanol–water partition coefficient (Wildman–Crippen LogP) is -1.04. The molecule has 0 aromatic carbocycles. The van der Waals surface area contributed by atoms with Crippen LogP contribution in [0.15, 0.2) is 20.8 Å². The van der Waals surface area contributed by atoms with E-state index < -0.39 is 17.2 Å². The molecule has 0 amide bonds. The van der Waals surface area contributed by atoms with Crippen molar-refractivity contribution < 1.29 is 9.63 Å². The topological polar surface area (TPSA) is 104 Å². The Labute approximate surface area is 77.4 Å². The maximum atomic E-state index is 10.8. The van der Waals surface area contributed by atoms with Gasteiger partial charge in [-0.2, -0.15) is 0 Å². The summed E-state index contributed by atoms with van der Waals surface area (Å²) in [5.74, 6) is -0.589. The van der Waals surface area contributed by atoms with E-state index in [0.717, 1.165) is 12.3 Å².